The van der Waals surface area contributed by atoms with Crippen molar-refractivity contribution in [2.24, 2.45) is 0 Å². The fraction of sp³-hybridized carbons (Fsp3) is 0.357. The molecule has 38 heavy (non-hydrogen) atoms. The van der Waals surface area contributed by atoms with Gasteiger partial charge < -0.3 is 14.8 Å². The van der Waals surface area contributed by atoms with Crippen LogP contribution in [0, 0.1) is 10.1 Å². The van der Waals surface area contributed by atoms with Crippen LogP contribution in [0.1, 0.15) is 43.7 Å². The van der Waals surface area contributed by atoms with Gasteiger partial charge >= 0.3 is 11.9 Å². The summed E-state index contributed by atoms with van der Waals surface area (Å²) in [6, 6.07) is 13.9. The van der Waals surface area contributed by atoms with Gasteiger partial charge in [0.25, 0.3) is 5.69 Å². The highest BCUT2D eigenvalue weighted by molar-refractivity contribution is 6.31. The first-order chi connectivity index (χ1) is 18.2. The van der Waals surface area contributed by atoms with E-state index in [1.807, 2.05) is 49.2 Å². The Morgan fingerprint density at radius 3 is 2.47 bits per heavy atom. The first-order valence-corrected chi connectivity index (χ1v) is 12.7. The Hall–Kier alpha value is -3.69. The van der Waals surface area contributed by atoms with Crippen molar-refractivity contribution in [2.45, 2.75) is 39.2 Å². The van der Waals surface area contributed by atoms with Crippen molar-refractivity contribution >= 4 is 29.2 Å². The van der Waals surface area contributed by atoms with Gasteiger partial charge in [0.2, 0.25) is 0 Å². The average molecular weight is 542 g/mol. The molecule has 0 bridgehead atoms. The molecule has 1 heterocycles. The molecule has 202 valence electrons. The molecule has 1 unspecified atom stereocenters. The SMILES string of the molecule is CCCC1=C(C(=O)OCCN(C)Cc2ccccc2)C(c2cc([N+](=O)[O-])ccc2Cl)C(C(=O)OC)=C(C)N1. The van der Waals surface area contributed by atoms with E-state index >= 15 is 0 Å². The van der Waals surface area contributed by atoms with E-state index in [0.29, 0.717) is 37.3 Å². The summed E-state index contributed by atoms with van der Waals surface area (Å²) < 4.78 is 10.7. The maximum atomic E-state index is 13.6. The minimum absolute atomic E-state index is 0.108. The zero-order valence-corrected chi connectivity index (χ0v) is 22.7. The van der Waals surface area contributed by atoms with Crippen LogP contribution in [0.15, 0.2) is 71.1 Å². The number of non-ortho nitro benzene ring substituents is 1. The molecule has 0 saturated carbocycles. The Balaban J connectivity index is 1.96. The summed E-state index contributed by atoms with van der Waals surface area (Å²) in [4.78, 5) is 39.6. The highest BCUT2D eigenvalue weighted by Gasteiger charge is 2.40. The lowest BCUT2D eigenvalue weighted by Gasteiger charge is -2.32. The average Bonchev–Trinajstić information content (AvgIpc) is 2.88. The molecule has 1 aliphatic heterocycles. The van der Waals surface area contributed by atoms with E-state index in [9.17, 15) is 19.7 Å². The topological polar surface area (TPSA) is 111 Å². The van der Waals surface area contributed by atoms with Gasteiger partial charge in [-0.25, -0.2) is 9.59 Å². The van der Waals surface area contributed by atoms with Crippen LogP contribution in [0.3, 0.4) is 0 Å². The summed E-state index contributed by atoms with van der Waals surface area (Å²) >= 11 is 6.51. The Morgan fingerprint density at radius 2 is 1.84 bits per heavy atom. The molecule has 0 radical (unpaired) electrons. The third-order valence-electron chi connectivity index (χ3n) is 6.27. The van der Waals surface area contributed by atoms with Crippen LogP contribution in [0.4, 0.5) is 5.69 Å². The number of halogens is 1. The van der Waals surface area contributed by atoms with Gasteiger partial charge in [-0.05, 0) is 37.6 Å². The van der Waals surface area contributed by atoms with E-state index in [0.717, 1.165) is 5.56 Å². The number of allylic oxidation sites excluding steroid dienone is 2. The molecule has 10 heteroatoms. The summed E-state index contributed by atoms with van der Waals surface area (Å²) in [6.45, 7) is 4.92. The Kier molecular flexibility index (Phi) is 10.0. The van der Waals surface area contributed by atoms with Gasteiger partial charge in [0.15, 0.2) is 0 Å². The number of nitrogens with zero attached hydrogens (tertiary/aromatic N) is 2. The first-order valence-electron chi connectivity index (χ1n) is 12.3. The monoisotopic (exact) mass is 541 g/mol. The number of methoxy groups -OCH3 is 1. The zero-order chi connectivity index (χ0) is 27.8. The molecular formula is C28H32ClN3O6. The van der Waals surface area contributed by atoms with Gasteiger partial charge in [-0.2, -0.15) is 0 Å². The Morgan fingerprint density at radius 1 is 1.13 bits per heavy atom. The fourth-order valence-electron chi connectivity index (χ4n) is 4.49. The number of nitrogens with one attached hydrogen (secondary N) is 1. The maximum Gasteiger partial charge on any atom is 0.336 e. The normalized spacial score (nSPS) is 15.4. The number of likely N-dealkylation sites (N-methyl/N-ethyl adjacent to an activating group) is 1. The van der Waals surface area contributed by atoms with Crippen LogP contribution in [0.2, 0.25) is 5.02 Å². The lowest BCUT2D eigenvalue weighted by Crippen LogP contribution is -2.34. The van der Waals surface area contributed by atoms with Crippen LogP contribution in [-0.2, 0) is 25.6 Å². The Bertz CT molecular complexity index is 1260. The molecule has 0 fully saturated rings. The quantitative estimate of drug-likeness (QED) is 0.237. The van der Waals surface area contributed by atoms with Crippen molar-refractivity contribution in [3.8, 4) is 0 Å². The second kappa shape index (κ2) is 13.2. The molecular weight excluding hydrogens is 510 g/mol. The molecule has 1 atom stereocenters. The second-order valence-corrected chi connectivity index (χ2v) is 9.46. The van der Waals surface area contributed by atoms with E-state index < -0.39 is 22.8 Å². The molecule has 2 aromatic carbocycles. The summed E-state index contributed by atoms with van der Waals surface area (Å²) in [5.41, 5.74) is 2.56. The molecule has 3 rings (SSSR count). The number of ether oxygens (including phenoxy) is 2. The number of carbonyl (C=O) groups is 2. The van der Waals surface area contributed by atoms with Crippen LogP contribution < -0.4 is 5.32 Å². The van der Waals surface area contributed by atoms with E-state index in [1.54, 1.807) is 6.92 Å². The molecule has 1 N–H and O–H groups in total. The predicted octanol–water partition coefficient (Wildman–Crippen LogP) is 5.11. The van der Waals surface area contributed by atoms with Crippen LogP contribution in [0.5, 0.6) is 0 Å². The van der Waals surface area contributed by atoms with Crippen molar-refractivity contribution in [3.63, 3.8) is 0 Å². The van der Waals surface area contributed by atoms with Crippen molar-refractivity contribution in [1.29, 1.82) is 0 Å². The summed E-state index contributed by atoms with van der Waals surface area (Å²) in [5, 5.41) is 14.9. The van der Waals surface area contributed by atoms with Gasteiger partial charge in [-0.1, -0.05) is 55.3 Å². The summed E-state index contributed by atoms with van der Waals surface area (Å²) in [6.07, 6.45) is 1.20. The number of esters is 2. The molecule has 0 spiro atoms. The van der Waals surface area contributed by atoms with E-state index in [4.69, 9.17) is 21.1 Å². The standard InChI is InChI=1S/C28H32ClN3O6/c1-5-9-23-26(28(34)38-15-14-31(3)17-19-10-7-6-8-11-19)25(24(18(2)30-23)27(33)37-4)21-16-20(32(35)36)12-13-22(21)29/h6-8,10-13,16,25,30H,5,9,14-15,17H2,1-4H3. The lowest BCUT2D eigenvalue weighted by atomic mass is 9.79. The first kappa shape index (κ1) is 28.9. The second-order valence-electron chi connectivity index (χ2n) is 9.05. The summed E-state index contributed by atoms with van der Waals surface area (Å²) in [7, 11) is 3.17. The highest BCUT2D eigenvalue weighted by Crippen LogP contribution is 2.43. The van der Waals surface area contributed by atoms with Crippen LogP contribution >= 0.6 is 11.6 Å². The number of carbonyl (C=O) groups excluding carboxylic acids is 2. The van der Waals surface area contributed by atoms with Crippen molar-refractivity contribution < 1.29 is 24.0 Å². The molecule has 1 aliphatic rings. The number of nitro benzene ring substituents is 1. The third kappa shape index (κ3) is 6.79. The minimum Gasteiger partial charge on any atom is -0.466 e. The largest absolute Gasteiger partial charge is 0.466 e. The molecule has 0 amide bonds. The number of rotatable bonds is 11. The fourth-order valence-corrected chi connectivity index (χ4v) is 4.71. The maximum absolute atomic E-state index is 13.6. The number of benzene rings is 2. The zero-order valence-electron chi connectivity index (χ0n) is 22.0. The Labute approximate surface area is 227 Å². The van der Waals surface area contributed by atoms with E-state index in [1.165, 1.54) is 25.3 Å². The van der Waals surface area contributed by atoms with Crippen molar-refractivity contribution in [2.75, 3.05) is 27.3 Å². The summed E-state index contributed by atoms with van der Waals surface area (Å²) in [5.74, 6) is -2.31. The molecule has 0 aromatic heterocycles. The minimum atomic E-state index is -1.01. The number of dihydropyridines is 1. The van der Waals surface area contributed by atoms with Gasteiger partial charge in [-0.3, -0.25) is 15.0 Å². The van der Waals surface area contributed by atoms with E-state index in [2.05, 4.69) is 5.32 Å². The predicted molar refractivity (Wildman–Crippen MR) is 144 cm³/mol. The lowest BCUT2D eigenvalue weighted by molar-refractivity contribution is -0.384. The number of nitro groups is 1. The van der Waals surface area contributed by atoms with Gasteiger partial charge in [0.05, 0.1) is 29.1 Å². The van der Waals surface area contributed by atoms with Crippen LogP contribution in [0.25, 0.3) is 0 Å². The smallest absolute Gasteiger partial charge is 0.336 e. The molecule has 0 aliphatic carbocycles. The highest BCUT2D eigenvalue weighted by atomic mass is 35.5. The van der Waals surface area contributed by atoms with Gasteiger partial charge in [-0.15, -0.1) is 0 Å². The molecule has 9 nitrogen and oxygen atoms in total. The number of hydrogen-bond donors (Lipinski definition) is 1. The number of hydrogen-bond acceptors (Lipinski definition) is 8. The van der Waals surface area contributed by atoms with Crippen molar-refractivity contribution in [1.82, 2.24) is 10.2 Å². The van der Waals surface area contributed by atoms with Gasteiger partial charge in [0.1, 0.15) is 6.61 Å². The van der Waals surface area contributed by atoms with Crippen molar-refractivity contribution in [3.05, 3.63) is 97.3 Å². The van der Waals surface area contributed by atoms with Crippen LogP contribution in [-0.4, -0.2) is 49.1 Å². The molecule has 0 saturated heterocycles. The molecule has 2 aromatic rings. The van der Waals surface area contributed by atoms with E-state index in [-0.39, 0.29) is 34.0 Å². The van der Waals surface area contributed by atoms with Gasteiger partial charge in [0, 0.05) is 41.6 Å². The third-order valence-corrected chi connectivity index (χ3v) is 6.62.